The van der Waals surface area contributed by atoms with Gasteiger partial charge in [0.25, 0.3) is 5.88 Å². The molecule has 0 aliphatic carbocycles. The van der Waals surface area contributed by atoms with Crippen LogP contribution in [-0.2, 0) is 0 Å². The van der Waals surface area contributed by atoms with Crippen molar-refractivity contribution in [1.29, 1.82) is 0 Å². The molecule has 34 heavy (non-hydrogen) atoms. The molecular formula is C26H32F2N4O2. The highest BCUT2D eigenvalue weighted by Crippen LogP contribution is 2.34. The Morgan fingerprint density at radius 3 is 2.38 bits per heavy atom. The van der Waals surface area contributed by atoms with Gasteiger partial charge in [-0.1, -0.05) is 50.2 Å². The van der Waals surface area contributed by atoms with Crippen LogP contribution in [0.15, 0.2) is 47.6 Å². The van der Waals surface area contributed by atoms with E-state index in [9.17, 15) is 5.11 Å². The number of fused-ring (bicyclic) bond motifs is 1. The van der Waals surface area contributed by atoms with Crippen molar-refractivity contribution in [3.05, 3.63) is 59.7 Å². The Hall–Kier alpha value is -3.26. The third kappa shape index (κ3) is 6.41. The van der Waals surface area contributed by atoms with Crippen molar-refractivity contribution in [2.75, 3.05) is 30.0 Å². The number of hydrogen-bond donors (Lipinski definition) is 2. The van der Waals surface area contributed by atoms with Crippen LogP contribution >= 0.6 is 0 Å². The fourth-order valence-electron chi connectivity index (χ4n) is 3.53. The molecule has 3 aromatic rings. The summed E-state index contributed by atoms with van der Waals surface area (Å²) in [5.41, 5.74) is 1.99. The SMILES string of the molecule is CCCN(CCC)c1c(F)c(N/N=C/c2ccc3ccccc3c2)nc(OCC(C)(C)O)c1F. The van der Waals surface area contributed by atoms with Crippen molar-refractivity contribution < 1.29 is 18.6 Å². The lowest BCUT2D eigenvalue weighted by Gasteiger charge is -2.26. The van der Waals surface area contributed by atoms with E-state index in [2.05, 4.69) is 15.5 Å². The van der Waals surface area contributed by atoms with Gasteiger partial charge in [-0.15, -0.1) is 0 Å². The van der Waals surface area contributed by atoms with Gasteiger partial charge in [0.2, 0.25) is 5.82 Å². The molecule has 2 aromatic carbocycles. The molecule has 0 saturated heterocycles. The number of hydrogen-bond acceptors (Lipinski definition) is 6. The Morgan fingerprint density at radius 2 is 1.74 bits per heavy atom. The summed E-state index contributed by atoms with van der Waals surface area (Å²) in [6.07, 6.45) is 2.97. The zero-order valence-electron chi connectivity index (χ0n) is 20.1. The molecule has 6 nitrogen and oxygen atoms in total. The lowest BCUT2D eigenvalue weighted by molar-refractivity contribution is 0.0254. The molecule has 0 aliphatic heterocycles. The Bertz CT molecular complexity index is 1140. The molecule has 0 bridgehead atoms. The fraction of sp³-hybridized carbons (Fsp3) is 0.385. The van der Waals surface area contributed by atoms with Crippen molar-refractivity contribution in [2.24, 2.45) is 5.10 Å². The van der Waals surface area contributed by atoms with Gasteiger partial charge in [-0.25, -0.2) is 4.39 Å². The number of pyridine rings is 1. The lowest BCUT2D eigenvalue weighted by Crippen LogP contribution is -2.30. The third-order valence-electron chi connectivity index (χ3n) is 5.05. The molecule has 0 amide bonds. The average molecular weight is 471 g/mol. The van der Waals surface area contributed by atoms with Crippen LogP contribution in [0.3, 0.4) is 0 Å². The number of aromatic nitrogens is 1. The first-order valence-corrected chi connectivity index (χ1v) is 11.5. The smallest absolute Gasteiger partial charge is 0.254 e. The van der Waals surface area contributed by atoms with Gasteiger partial charge in [0.15, 0.2) is 11.6 Å². The van der Waals surface area contributed by atoms with Gasteiger partial charge in [0, 0.05) is 13.1 Å². The van der Waals surface area contributed by atoms with E-state index in [1.165, 1.54) is 13.8 Å². The van der Waals surface area contributed by atoms with Gasteiger partial charge in [-0.3, -0.25) is 5.43 Å². The molecule has 182 valence electrons. The Kier molecular flexibility index (Phi) is 8.39. The summed E-state index contributed by atoms with van der Waals surface area (Å²) >= 11 is 0. The van der Waals surface area contributed by atoms with Crippen molar-refractivity contribution in [1.82, 2.24) is 4.98 Å². The number of aliphatic hydroxyl groups is 1. The van der Waals surface area contributed by atoms with Crippen molar-refractivity contribution in [3.8, 4) is 5.88 Å². The van der Waals surface area contributed by atoms with Crippen molar-refractivity contribution >= 4 is 28.5 Å². The van der Waals surface area contributed by atoms with Crippen LogP contribution in [0.4, 0.5) is 20.3 Å². The molecule has 0 radical (unpaired) electrons. The summed E-state index contributed by atoms with van der Waals surface area (Å²) in [6, 6.07) is 13.8. The minimum absolute atomic E-state index is 0.205. The topological polar surface area (TPSA) is 70.0 Å². The van der Waals surface area contributed by atoms with Gasteiger partial charge < -0.3 is 14.7 Å². The summed E-state index contributed by atoms with van der Waals surface area (Å²) < 4.78 is 36.2. The second-order valence-electron chi connectivity index (χ2n) is 8.81. The predicted octanol–water partition coefficient (Wildman–Crippen LogP) is 5.74. The summed E-state index contributed by atoms with van der Waals surface area (Å²) in [4.78, 5) is 5.62. The summed E-state index contributed by atoms with van der Waals surface area (Å²) in [6.45, 7) is 7.68. The number of nitrogens with zero attached hydrogens (tertiary/aromatic N) is 3. The molecule has 3 rings (SSSR count). The first-order chi connectivity index (χ1) is 16.2. The van der Waals surface area contributed by atoms with Crippen LogP contribution in [0, 0.1) is 11.6 Å². The van der Waals surface area contributed by atoms with Crippen molar-refractivity contribution in [3.63, 3.8) is 0 Å². The van der Waals surface area contributed by atoms with Crippen LogP contribution in [0.1, 0.15) is 46.1 Å². The first-order valence-electron chi connectivity index (χ1n) is 11.5. The molecule has 1 aromatic heterocycles. The second kappa shape index (κ2) is 11.2. The van der Waals surface area contributed by atoms with Crippen LogP contribution in [0.25, 0.3) is 10.8 Å². The van der Waals surface area contributed by atoms with Crippen LogP contribution in [0.5, 0.6) is 5.88 Å². The van der Waals surface area contributed by atoms with Gasteiger partial charge in [-0.05, 0) is 49.1 Å². The first kappa shape index (κ1) is 25.4. The molecule has 0 aliphatic rings. The zero-order chi connectivity index (χ0) is 24.7. The molecule has 1 heterocycles. The van der Waals surface area contributed by atoms with Crippen LogP contribution in [-0.4, -0.2) is 41.6 Å². The summed E-state index contributed by atoms with van der Waals surface area (Å²) in [5.74, 6) is -2.38. The maximum atomic E-state index is 15.4. The largest absolute Gasteiger partial charge is 0.472 e. The molecule has 0 saturated carbocycles. The molecule has 2 N–H and O–H groups in total. The monoisotopic (exact) mass is 470 g/mol. The Balaban J connectivity index is 1.94. The zero-order valence-corrected chi connectivity index (χ0v) is 20.1. The minimum atomic E-state index is -1.21. The van der Waals surface area contributed by atoms with E-state index >= 15 is 8.78 Å². The number of nitrogens with one attached hydrogen (secondary N) is 1. The highest BCUT2D eigenvalue weighted by Gasteiger charge is 2.26. The van der Waals surface area contributed by atoms with E-state index in [0.29, 0.717) is 25.9 Å². The van der Waals surface area contributed by atoms with Crippen molar-refractivity contribution in [2.45, 2.75) is 46.1 Å². The van der Waals surface area contributed by atoms with Crippen LogP contribution in [0.2, 0.25) is 0 Å². The summed E-state index contributed by atoms with van der Waals surface area (Å²) in [5, 5.41) is 16.3. The van der Waals surface area contributed by atoms with Gasteiger partial charge in [0.1, 0.15) is 12.3 Å². The normalized spacial score (nSPS) is 11.9. The molecule has 0 atom stereocenters. The average Bonchev–Trinajstić information content (AvgIpc) is 2.79. The molecule has 0 unspecified atom stereocenters. The molecule has 0 spiro atoms. The van der Waals surface area contributed by atoms with Gasteiger partial charge in [0.05, 0.1) is 11.8 Å². The number of hydrazone groups is 1. The van der Waals surface area contributed by atoms with E-state index in [1.807, 2.05) is 56.3 Å². The number of anilines is 2. The molecule has 8 heteroatoms. The second-order valence-corrected chi connectivity index (χ2v) is 8.81. The molecule has 0 fully saturated rings. The van der Waals surface area contributed by atoms with Gasteiger partial charge in [-0.2, -0.15) is 14.5 Å². The third-order valence-corrected chi connectivity index (χ3v) is 5.05. The standard InChI is InChI=1S/C26H32F2N4O2/c1-5-13-32(14-6-2)23-21(27)24(30-25(22(23)28)34-17-26(3,4)33)31-29-16-18-11-12-19-9-7-8-10-20(19)15-18/h7-12,15-16,33H,5-6,13-14,17H2,1-4H3,(H,30,31)/b29-16+. The van der Waals surface area contributed by atoms with E-state index in [4.69, 9.17) is 4.74 Å². The maximum Gasteiger partial charge on any atom is 0.254 e. The Morgan fingerprint density at radius 1 is 1.06 bits per heavy atom. The van der Waals surface area contributed by atoms with Gasteiger partial charge >= 0.3 is 0 Å². The highest BCUT2D eigenvalue weighted by atomic mass is 19.1. The number of benzene rings is 2. The number of halogens is 2. The number of rotatable bonds is 11. The van der Waals surface area contributed by atoms with E-state index in [0.717, 1.165) is 16.3 Å². The predicted molar refractivity (Wildman–Crippen MR) is 134 cm³/mol. The lowest BCUT2D eigenvalue weighted by atomic mass is 10.1. The van der Waals surface area contributed by atoms with E-state index < -0.39 is 17.2 Å². The van der Waals surface area contributed by atoms with E-state index in [-0.39, 0.29) is 24.0 Å². The maximum absolute atomic E-state index is 15.4. The quantitative estimate of drug-likeness (QED) is 0.276. The fourth-order valence-corrected chi connectivity index (χ4v) is 3.53. The Labute approximate surface area is 199 Å². The minimum Gasteiger partial charge on any atom is -0.472 e. The van der Waals surface area contributed by atoms with E-state index in [1.54, 1.807) is 11.1 Å². The summed E-state index contributed by atoms with van der Waals surface area (Å²) in [7, 11) is 0. The highest BCUT2D eigenvalue weighted by molar-refractivity contribution is 5.90. The number of ether oxygens (including phenoxy) is 1. The molecular weight excluding hydrogens is 438 g/mol. The van der Waals surface area contributed by atoms with Crippen LogP contribution < -0.4 is 15.1 Å².